The predicted molar refractivity (Wildman–Crippen MR) is 87.5 cm³/mol. The molecule has 0 aliphatic carbocycles. The molecule has 1 aromatic heterocycles. The number of hydrogen-bond donors (Lipinski definition) is 1. The fourth-order valence-corrected chi connectivity index (χ4v) is 2.38. The van der Waals surface area contributed by atoms with Crippen molar-refractivity contribution in [2.45, 2.75) is 12.4 Å². The Hall–Kier alpha value is -1.45. The van der Waals surface area contributed by atoms with Gasteiger partial charge in [-0.25, -0.2) is 11.3 Å². The van der Waals surface area contributed by atoms with Crippen LogP contribution >= 0.6 is 0 Å². The first-order chi connectivity index (χ1) is 10.2. The molecule has 3 radical (unpaired) electrons. The molecule has 0 aliphatic heterocycles. The molecule has 4 nitrogen and oxygen atoms in total. The predicted octanol–water partition coefficient (Wildman–Crippen LogP) is 2.56. The van der Waals surface area contributed by atoms with Gasteiger partial charge in [0.2, 0.25) is 0 Å². The molecule has 6 heteroatoms. The minimum atomic E-state index is -0.885. The van der Waals surface area contributed by atoms with E-state index in [1.54, 1.807) is 23.0 Å². The number of rotatable bonds is 4. The summed E-state index contributed by atoms with van der Waals surface area (Å²) in [4.78, 5) is 15.5. The number of imidazole rings is 1. The van der Waals surface area contributed by atoms with E-state index in [-0.39, 0.29) is 45.9 Å². The van der Waals surface area contributed by atoms with Crippen molar-refractivity contribution in [2.75, 3.05) is 0 Å². The number of phenols is 1. The zero-order chi connectivity index (χ0) is 14.8. The van der Waals surface area contributed by atoms with Gasteiger partial charge in [0, 0.05) is 39.1 Å². The fourth-order valence-electron chi connectivity index (χ4n) is 2.38. The van der Waals surface area contributed by atoms with Gasteiger partial charge in [0.15, 0.2) is 0 Å². The van der Waals surface area contributed by atoms with Gasteiger partial charge in [-0.1, -0.05) is 30.2 Å². The van der Waals surface area contributed by atoms with Crippen LogP contribution < -0.4 is 0 Å². The van der Waals surface area contributed by atoms with Gasteiger partial charge in [0.05, 0.1) is 18.9 Å². The summed E-state index contributed by atoms with van der Waals surface area (Å²) in [7, 11) is 5.84. The zero-order valence-corrected chi connectivity index (χ0v) is 15.6. The third-order valence-corrected chi connectivity index (χ3v) is 3.37. The van der Waals surface area contributed by atoms with E-state index in [1.165, 1.54) is 0 Å². The Morgan fingerprint density at radius 2 is 1.83 bits per heavy atom. The van der Waals surface area contributed by atoms with Gasteiger partial charge >= 0.3 is 0 Å². The van der Waals surface area contributed by atoms with Gasteiger partial charge in [0.1, 0.15) is 11.6 Å². The molecule has 0 spiro atoms. The quantitative estimate of drug-likeness (QED) is 0.560. The van der Waals surface area contributed by atoms with Crippen molar-refractivity contribution in [1.29, 1.82) is 0 Å². The second-order valence-corrected chi connectivity index (χ2v) is 4.79. The van der Waals surface area contributed by atoms with E-state index >= 15 is 0 Å². The summed E-state index contributed by atoms with van der Waals surface area (Å²) in [5.41, 5.74) is 2.57. The van der Waals surface area contributed by atoms with E-state index in [2.05, 4.69) is 4.98 Å². The van der Waals surface area contributed by atoms with Gasteiger partial charge in [-0.2, -0.15) is 0 Å². The van der Waals surface area contributed by atoms with E-state index in [4.69, 9.17) is 7.85 Å². The summed E-state index contributed by atoms with van der Waals surface area (Å²) in [5, 5.41) is 9.33. The van der Waals surface area contributed by atoms with E-state index in [1.807, 2.05) is 36.4 Å². The summed E-state index contributed by atoms with van der Waals surface area (Å²) in [6.45, 7) is 0. The largest absolute Gasteiger partial charge is 0.541 e. The van der Waals surface area contributed by atoms with E-state index < -0.39 is 5.94 Å². The molecule has 3 aromatic rings. The first-order valence-electron chi connectivity index (χ1n) is 6.56. The van der Waals surface area contributed by atoms with Crippen molar-refractivity contribution in [2.24, 2.45) is 0 Å². The van der Waals surface area contributed by atoms with Crippen molar-refractivity contribution in [3.05, 3.63) is 67.3 Å². The molecular weight excluding hydrogens is 364 g/mol. The van der Waals surface area contributed by atoms with Crippen molar-refractivity contribution in [3.8, 4) is 5.75 Å². The third kappa shape index (κ3) is 4.10. The summed E-state index contributed by atoms with van der Waals surface area (Å²) in [5.74, 6) is 0.0208. The molecule has 0 saturated heterocycles. The van der Waals surface area contributed by atoms with Gasteiger partial charge < -0.3 is 21.9 Å². The molecule has 0 saturated carbocycles. The Morgan fingerprint density at radius 1 is 1.17 bits per heavy atom. The Bertz CT molecular complexity index is 787. The molecule has 1 unspecified atom stereocenters. The molecule has 2 aromatic carbocycles. The topological polar surface area (TPSA) is 55.1 Å². The van der Waals surface area contributed by atoms with Crippen LogP contribution in [0, 0.1) is 7.43 Å². The van der Waals surface area contributed by atoms with Gasteiger partial charge in [-0.3, -0.25) is 0 Å². The minimum Gasteiger partial charge on any atom is -0.541 e. The van der Waals surface area contributed by atoms with Crippen molar-refractivity contribution in [1.82, 2.24) is 9.55 Å². The maximum Gasteiger partial charge on any atom is 0.115 e. The van der Waals surface area contributed by atoms with Crippen LogP contribution in [-0.2, 0) is 43.9 Å². The molecule has 0 aliphatic rings. The number of hydrogen-bond acceptors (Lipinski definition) is 3. The number of carbonyl (C=O) groups excluding carboxylic acids is 1. The van der Waals surface area contributed by atoms with Crippen LogP contribution in [0.1, 0.15) is 17.3 Å². The Kier molecular flexibility index (Phi) is 7.17. The van der Waals surface area contributed by atoms with Crippen molar-refractivity contribution in [3.63, 3.8) is 0 Å². The summed E-state index contributed by atoms with van der Waals surface area (Å²) in [6, 6.07) is 14.4. The van der Waals surface area contributed by atoms with Gasteiger partial charge in [-0.05, 0) is 29.8 Å². The van der Waals surface area contributed by atoms with E-state index in [9.17, 15) is 9.90 Å². The average molecular weight is 379 g/mol. The van der Waals surface area contributed by atoms with Crippen molar-refractivity contribution >= 4 is 25.2 Å². The standard InChI is InChI=1S/C16H12BN2O2.CH3.Y/c17-15(10-20)19-14-4-2-1-3-13(14)18-16(19)9-11-5-7-12(21)8-6-11;;/h1-8,15,21H,9H2;1H3;/q2*-1;. The molecule has 1 heterocycles. The normalized spacial score (nSPS) is 11.3. The molecule has 23 heavy (non-hydrogen) atoms. The van der Waals surface area contributed by atoms with Crippen molar-refractivity contribution < 1.29 is 42.6 Å². The fraction of sp³-hybridized carbons (Fsp3) is 0.118. The van der Waals surface area contributed by atoms with Crippen LogP contribution in [0.25, 0.3) is 11.0 Å². The maximum absolute atomic E-state index is 11.0. The Balaban J connectivity index is 0.00000132. The summed E-state index contributed by atoms with van der Waals surface area (Å²) < 4.78 is 1.69. The molecule has 0 bridgehead atoms. The Morgan fingerprint density at radius 3 is 2.48 bits per heavy atom. The number of fused-ring (bicyclic) bond motifs is 1. The minimum absolute atomic E-state index is 0. The molecule has 1 atom stereocenters. The second kappa shape index (κ2) is 8.41. The smallest absolute Gasteiger partial charge is 0.115 e. The third-order valence-electron chi connectivity index (χ3n) is 3.37. The molecule has 3 rings (SSSR count). The van der Waals surface area contributed by atoms with Gasteiger partial charge in [-0.15, -0.1) is 0 Å². The zero-order valence-electron chi connectivity index (χ0n) is 12.8. The first kappa shape index (κ1) is 19.6. The van der Waals surface area contributed by atoms with Crippen LogP contribution in [0.5, 0.6) is 5.75 Å². The molecule has 1 N–H and O–H groups in total. The van der Waals surface area contributed by atoms with Crippen LogP contribution in [-0.4, -0.2) is 28.8 Å². The summed E-state index contributed by atoms with van der Waals surface area (Å²) in [6.07, 6.45) is 2.32. The number of nitrogens with zero attached hydrogens (tertiary/aromatic N) is 2. The molecular formula is C17H15BN2O2Y-2. The monoisotopic (exact) mass is 379 g/mol. The number of para-hydroxylation sites is 2. The van der Waals surface area contributed by atoms with Gasteiger partial charge in [0.25, 0.3) is 0 Å². The van der Waals surface area contributed by atoms with Crippen LogP contribution in [0.3, 0.4) is 0 Å². The molecule has 0 fully saturated rings. The molecule has 0 amide bonds. The van der Waals surface area contributed by atoms with E-state index in [0.29, 0.717) is 12.2 Å². The summed E-state index contributed by atoms with van der Waals surface area (Å²) >= 11 is 0. The number of phenolic OH excluding ortho intramolecular Hbond substituents is 1. The number of aromatic nitrogens is 2. The first-order valence-corrected chi connectivity index (χ1v) is 6.56. The number of benzene rings is 2. The maximum atomic E-state index is 11.0. The van der Waals surface area contributed by atoms with E-state index in [0.717, 1.165) is 16.6 Å². The average Bonchev–Trinajstić information content (AvgIpc) is 2.86. The van der Waals surface area contributed by atoms with Crippen LogP contribution in [0.15, 0.2) is 48.5 Å². The van der Waals surface area contributed by atoms with Crippen LogP contribution in [0.2, 0.25) is 0 Å². The Labute approximate surface area is 162 Å². The second-order valence-electron chi connectivity index (χ2n) is 4.79. The SMILES string of the molecule is [B]C([C-]=O)n1c(Cc2ccc(O)cc2)nc2ccccc21.[CH3-].[Y]. The molecule has 113 valence electrons. The number of aromatic hydroxyl groups is 1. The van der Waals surface area contributed by atoms with Crippen LogP contribution in [0.4, 0.5) is 0 Å².